The van der Waals surface area contributed by atoms with Crippen LogP contribution in [-0.2, 0) is 4.74 Å². The summed E-state index contributed by atoms with van der Waals surface area (Å²) in [5, 5.41) is 0. The van der Waals surface area contributed by atoms with Crippen molar-refractivity contribution in [3.05, 3.63) is 24.0 Å². The Labute approximate surface area is 57.0 Å². The molecule has 0 aromatic heterocycles. The SMILES string of the molecule is C=C(OCC)C(C)=CC. The molecule has 0 radical (unpaired) electrons. The average molecular weight is 126 g/mol. The van der Waals surface area contributed by atoms with Crippen LogP contribution in [0.2, 0.25) is 0 Å². The van der Waals surface area contributed by atoms with E-state index in [0.29, 0.717) is 6.61 Å². The molecule has 0 fully saturated rings. The Kier molecular flexibility index (Phi) is 3.85. The van der Waals surface area contributed by atoms with Crippen molar-refractivity contribution in [2.75, 3.05) is 6.61 Å². The first-order valence-electron chi connectivity index (χ1n) is 3.17. The van der Waals surface area contributed by atoms with E-state index in [1.165, 1.54) is 0 Å². The van der Waals surface area contributed by atoms with Gasteiger partial charge in [-0.1, -0.05) is 12.7 Å². The van der Waals surface area contributed by atoms with Gasteiger partial charge in [0.2, 0.25) is 0 Å². The summed E-state index contributed by atoms with van der Waals surface area (Å²) in [6, 6.07) is 0. The van der Waals surface area contributed by atoms with E-state index in [0.717, 1.165) is 11.3 Å². The topological polar surface area (TPSA) is 9.23 Å². The van der Waals surface area contributed by atoms with Crippen molar-refractivity contribution in [2.24, 2.45) is 0 Å². The van der Waals surface area contributed by atoms with E-state index in [1.807, 2.05) is 26.8 Å². The van der Waals surface area contributed by atoms with Crippen LogP contribution in [0.4, 0.5) is 0 Å². The van der Waals surface area contributed by atoms with E-state index in [2.05, 4.69) is 6.58 Å². The highest BCUT2D eigenvalue weighted by Crippen LogP contribution is 2.06. The maximum Gasteiger partial charge on any atom is 0.114 e. The molecule has 0 rings (SSSR count). The molecule has 52 valence electrons. The fourth-order valence-corrected chi connectivity index (χ4v) is 0.449. The molecule has 0 heterocycles. The Morgan fingerprint density at radius 1 is 1.67 bits per heavy atom. The van der Waals surface area contributed by atoms with Crippen molar-refractivity contribution in [3.8, 4) is 0 Å². The van der Waals surface area contributed by atoms with Gasteiger partial charge in [0.1, 0.15) is 5.76 Å². The molecule has 1 nitrogen and oxygen atoms in total. The minimum absolute atomic E-state index is 0.698. The summed E-state index contributed by atoms with van der Waals surface area (Å²) in [5.74, 6) is 0.778. The molecule has 0 amide bonds. The fraction of sp³-hybridized carbons (Fsp3) is 0.500. The van der Waals surface area contributed by atoms with E-state index < -0.39 is 0 Å². The highest BCUT2D eigenvalue weighted by molar-refractivity contribution is 5.19. The van der Waals surface area contributed by atoms with Gasteiger partial charge in [-0.2, -0.15) is 0 Å². The van der Waals surface area contributed by atoms with Crippen molar-refractivity contribution < 1.29 is 4.74 Å². The zero-order valence-corrected chi connectivity index (χ0v) is 6.40. The van der Waals surface area contributed by atoms with Gasteiger partial charge in [-0.3, -0.25) is 0 Å². The Morgan fingerprint density at radius 3 is 2.56 bits per heavy atom. The van der Waals surface area contributed by atoms with Crippen molar-refractivity contribution in [1.82, 2.24) is 0 Å². The molecular weight excluding hydrogens is 112 g/mol. The molecule has 0 aromatic carbocycles. The molecule has 9 heavy (non-hydrogen) atoms. The van der Waals surface area contributed by atoms with Crippen LogP contribution < -0.4 is 0 Å². The summed E-state index contributed by atoms with van der Waals surface area (Å²) >= 11 is 0. The summed E-state index contributed by atoms with van der Waals surface area (Å²) in [5.41, 5.74) is 1.11. The first-order valence-corrected chi connectivity index (χ1v) is 3.17. The molecular formula is C8H14O. The third-order valence-electron chi connectivity index (χ3n) is 1.19. The normalized spacial score (nSPS) is 11.2. The van der Waals surface area contributed by atoms with Gasteiger partial charge in [-0.25, -0.2) is 0 Å². The minimum Gasteiger partial charge on any atom is -0.494 e. The Bertz CT molecular complexity index is 123. The average Bonchev–Trinajstić information content (AvgIpc) is 1.87. The van der Waals surface area contributed by atoms with Crippen molar-refractivity contribution in [1.29, 1.82) is 0 Å². The second-order valence-corrected chi connectivity index (χ2v) is 1.83. The van der Waals surface area contributed by atoms with Crippen LogP contribution in [0, 0.1) is 0 Å². The summed E-state index contributed by atoms with van der Waals surface area (Å²) in [7, 11) is 0. The van der Waals surface area contributed by atoms with Crippen LogP contribution in [0.25, 0.3) is 0 Å². The molecule has 0 spiro atoms. The summed E-state index contributed by atoms with van der Waals surface area (Å²) < 4.78 is 5.13. The van der Waals surface area contributed by atoms with Crippen molar-refractivity contribution >= 4 is 0 Å². The number of hydrogen-bond donors (Lipinski definition) is 0. The van der Waals surface area contributed by atoms with Crippen LogP contribution in [0.15, 0.2) is 24.0 Å². The molecule has 0 saturated heterocycles. The Morgan fingerprint density at radius 2 is 2.22 bits per heavy atom. The first kappa shape index (κ1) is 8.28. The molecule has 0 bridgehead atoms. The van der Waals surface area contributed by atoms with Gasteiger partial charge in [0.05, 0.1) is 6.61 Å². The van der Waals surface area contributed by atoms with E-state index in [-0.39, 0.29) is 0 Å². The molecule has 0 aliphatic heterocycles. The zero-order chi connectivity index (χ0) is 7.28. The van der Waals surface area contributed by atoms with Gasteiger partial charge in [0.25, 0.3) is 0 Å². The Balaban J connectivity index is 3.74. The van der Waals surface area contributed by atoms with Crippen molar-refractivity contribution in [2.45, 2.75) is 20.8 Å². The first-order chi connectivity index (χ1) is 4.22. The number of rotatable bonds is 3. The van der Waals surface area contributed by atoms with Gasteiger partial charge in [-0.05, 0) is 26.3 Å². The lowest BCUT2D eigenvalue weighted by Crippen LogP contribution is -1.90. The number of allylic oxidation sites excluding steroid dienone is 2. The fourth-order valence-electron chi connectivity index (χ4n) is 0.449. The lowest BCUT2D eigenvalue weighted by molar-refractivity contribution is 0.239. The minimum atomic E-state index is 0.698. The second kappa shape index (κ2) is 4.19. The Hall–Kier alpha value is -0.720. The highest BCUT2D eigenvalue weighted by atomic mass is 16.5. The standard InChI is InChI=1S/C8H14O/c1-5-7(3)8(4)9-6-2/h5H,4,6H2,1-3H3. The van der Waals surface area contributed by atoms with Gasteiger partial charge >= 0.3 is 0 Å². The molecule has 0 aliphatic rings. The molecule has 0 aliphatic carbocycles. The maximum atomic E-state index is 5.13. The van der Waals surface area contributed by atoms with E-state index in [9.17, 15) is 0 Å². The zero-order valence-electron chi connectivity index (χ0n) is 6.40. The van der Waals surface area contributed by atoms with Gasteiger partial charge in [0, 0.05) is 0 Å². The van der Waals surface area contributed by atoms with Crippen LogP contribution in [-0.4, -0.2) is 6.61 Å². The molecule has 0 atom stereocenters. The third kappa shape index (κ3) is 2.96. The van der Waals surface area contributed by atoms with E-state index in [4.69, 9.17) is 4.74 Å². The predicted octanol–water partition coefficient (Wildman–Crippen LogP) is 2.50. The van der Waals surface area contributed by atoms with Gasteiger partial charge in [0.15, 0.2) is 0 Å². The molecule has 0 aromatic rings. The smallest absolute Gasteiger partial charge is 0.114 e. The van der Waals surface area contributed by atoms with Crippen LogP contribution >= 0.6 is 0 Å². The summed E-state index contributed by atoms with van der Waals surface area (Å²) in [6.07, 6.45) is 1.98. The quantitative estimate of drug-likeness (QED) is 0.417. The summed E-state index contributed by atoms with van der Waals surface area (Å²) in [4.78, 5) is 0. The summed E-state index contributed by atoms with van der Waals surface area (Å²) in [6.45, 7) is 10.3. The van der Waals surface area contributed by atoms with E-state index >= 15 is 0 Å². The molecule has 0 saturated carbocycles. The lowest BCUT2D eigenvalue weighted by atomic mass is 10.2. The van der Waals surface area contributed by atoms with Gasteiger partial charge < -0.3 is 4.74 Å². The van der Waals surface area contributed by atoms with E-state index in [1.54, 1.807) is 0 Å². The maximum absolute atomic E-state index is 5.13. The third-order valence-corrected chi connectivity index (χ3v) is 1.19. The van der Waals surface area contributed by atoms with Crippen LogP contribution in [0.1, 0.15) is 20.8 Å². The molecule has 1 heteroatoms. The number of hydrogen-bond acceptors (Lipinski definition) is 1. The predicted molar refractivity (Wildman–Crippen MR) is 40.2 cm³/mol. The largest absolute Gasteiger partial charge is 0.494 e. The second-order valence-electron chi connectivity index (χ2n) is 1.83. The van der Waals surface area contributed by atoms with Crippen LogP contribution in [0.3, 0.4) is 0 Å². The van der Waals surface area contributed by atoms with Crippen LogP contribution in [0.5, 0.6) is 0 Å². The highest BCUT2D eigenvalue weighted by Gasteiger charge is 1.91. The van der Waals surface area contributed by atoms with Gasteiger partial charge in [-0.15, -0.1) is 0 Å². The molecule has 0 N–H and O–H groups in total. The monoisotopic (exact) mass is 126 g/mol. The lowest BCUT2D eigenvalue weighted by Gasteiger charge is -2.04. The van der Waals surface area contributed by atoms with Crippen molar-refractivity contribution in [3.63, 3.8) is 0 Å². The molecule has 0 unspecified atom stereocenters. The number of ether oxygens (including phenoxy) is 1.